The number of methoxy groups -OCH3 is 1. The fourth-order valence-corrected chi connectivity index (χ4v) is 1.93. The number of hydrogen-bond acceptors (Lipinski definition) is 3. The quantitative estimate of drug-likeness (QED) is 0.855. The average molecular weight is 300 g/mol. The summed E-state index contributed by atoms with van der Waals surface area (Å²) < 4.78 is 5.05. The Kier molecular flexibility index (Phi) is 4.90. The minimum Gasteiger partial charge on any atom is -0.497 e. The first-order valence-electron chi connectivity index (χ1n) is 6.41. The van der Waals surface area contributed by atoms with Crippen molar-refractivity contribution < 1.29 is 9.53 Å². The molecule has 21 heavy (non-hydrogen) atoms. The van der Waals surface area contributed by atoms with Crippen molar-refractivity contribution in [2.75, 3.05) is 12.4 Å². The molecule has 0 unspecified atom stereocenters. The molecule has 2 aromatic rings. The van der Waals surface area contributed by atoms with Crippen molar-refractivity contribution in [3.05, 3.63) is 59.7 Å². The summed E-state index contributed by atoms with van der Waals surface area (Å²) in [5.41, 5.74) is 2.51. The lowest BCUT2D eigenvalue weighted by atomic mass is 10.2. The van der Waals surface area contributed by atoms with Crippen LogP contribution in [0.15, 0.2) is 48.5 Å². The van der Waals surface area contributed by atoms with Gasteiger partial charge in [-0.1, -0.05) is 17.7 Å². The van der Waals surface area contributed by atoms with E-state index in [9.17, 15) is 4.79 Å². The molecule has 0 saturated carbocycles. The van der Waals surface area contributed by atoms with Gasteiger partial charge < -0.3 is 10.1 Å². The van der Waals surface area contributed by atoms with Crippen molar-refractivity contribution in [2.24, 2.45) is 0 Å². The molecule has 0 atom stereocenters. The second kappa shape index (κ2) is 6.85. The SMILES string of the molecule is COc1ccc(C(=O)NC(=S)Nc2ccc(C)cc2)cc1. The van der Waals surface area contributed by atoms with E-state index in [1.54, 1.807) is 31.4 Å². The Bertz CT molecular complexity index is 636. The van der Waals surface area contributed by atoms with Crippen LogP contribution in [-0.4, -0.2) is 18.1 Å². The highest BCUT2D eigenvalue weighted by molar-refractivity contribution is 7.80. The van der Waals surface area contributed by atoms with Gasteiger partial charge >= 0.3 is 0 Å². The largest absolute Gasteiger partial charge is 0.497 e. The molecule has 0 aliphatic heterocycles. The Labute approximate surface area is 129 Å². The molecule has 0 saturated heterocycles. The molecule has 1 amide bonds. The van der Waals surface area contributed by atoms with Gasteiger partial charge in [-0.3, -0.25) is 10.1 Å². The van der Waals surface area contributed by atoms with Crippen LogP contribution in [0.25, 0.3) is 0 Å². The maximum atomic E-state index is 12.0. The second-order valence-electron chi connectivity index (χ2n) is 4.50. The van der Waals surface area contributed by atoms with Crippen LogP contribution in [0.4, 0.5) is 5.69 Å². The molecule has 0 aromatic heterocycles. The molecule has 0 aliphatic carbocycles. The van der Waals surface area contributed by atoms with Crippen LogP contribution >= 0.6 is 12.2 Å². The number of ether oxygens (including phenoxy) is 1. The Morgan fingerprint density at radius 2 is 1.67 bits per heavy atom. The van der Waals surface area contributed by atoms with Crippen molar-refractivity contribution in [3.63, 3.8) is 0 Å². The average Bonchev–Trinajstić information content (AvgIpc) is 2.49. The highest BCUT2D eigenvalue weighted by atomic mass is 32.1. The molecule has 0 aliphatic rings. The molecule has 0 spiro atoms. The van der Waals surface area contributed by atoms with Gasteiger partial charge in [-0.25, -0.2) is 0 Å². The third-order valence-corrected chi connectivity index (χ3v) is 3.09. The summed E-state index contributed by atoms with van der Waals surface area (Å²) in [6.45, 7) is 2.01. The topological polar surface area (TPSA) is 50.4 Å². The number of rotatable bonds is 3. The third kappa shape index (κ3) is 4.29. The van der Waals surface area contributed by atoms with Crippen LogP contribution in [0.5, 0.6) is 5.75 Å². The third-order valence-electron chi connectivity index (χ3n) is 2.89. The van der Waals surface area contributed by atoms with Crippen molar-refractivity contribution in [3.8, 4) is 5.75 Å². The van der Waals surface area contributed by atoms with Gasteiger partial charge in [-0.05, 0) is 55.5 Å². The molecule has 0 radical (unpaired) electrons. The fourth-order valence-electron chi connectivity index (χ4n) is 1.72. The highest BCUT2D eigenvalue weighted by Crippen LogP contribution is 2.11. The summed E-state index contributed by atoms with van der Waals surface area (Å²) in [5.74, 6) is 0.439. The monoisotopic (exact) mass is 300 g/mol. The molecule has 108 valence electrons. The minimum absolute atomic E-state index is 0.262. The van der Waals surface area contributed by atoms with Crippen molar-refractivity contribution in [1.82, 2.24) is 5.32 Å². The smallest absolute Gasteiger partial charge is 0.257 e. The Balaban J connectivity index is 1.95. The number of anilines is 1. The first-order valence-corrected chi connectivity index (χ1v) is 6.82. The van der Waals surface area contributed by atoms with E-state index in [1.165, 1.54) is 0 Å². The van der Waals surface area contributed by atoms with Crippen molar-refractivity contribution in [2.45, 2.75) is 6.92 Å². The summed E-state index contributed by atoms with van der Waals surface area (Å²) in [5, 5.41) is 5.87. The number of carbonyl (C=O) groups excluding carboxylic acids is 1. The highest BCUT2D eigenvalue weighted by Gasteiger charge is 2.08. The lowest BCUT2D eigenvalue weighted by molar-refractivity contribution is 0.0977. The zero-order chi connectivity index (χ0) is 15.2. The van der Waals surface area contributed by atoms with Gasteiger partial charge in [0.05, 0.1) is 7.11 Å². The molecule has 2 aromatic carbocycles. The van der Waals surface area contributed by atoms with Crippen molar-refractivity contribution in [1.29, 1.82) is 0 Å². The predicted molar refractivity (Wildman–Crippen MR) is 87.9 cm³/mol. The van der Waals surface area contributed by atoms with E-state index in [4.69, 9.17) is 17.0 Å². The van der Waals surface area contributed by atoms with Gasteiger partial charge in [-0.2, -0.15) is 0 Å². The zero-order valence-electron chi connectivity index (χ0n) is 11.8. The van der Waals surface area contributed by atoms with Gasteiger partial charge in [0.25, 0.3) is 5.91 Å². The Morgan fingerprint density at radius 1 is 1.05 bits per heavy atom. The molecule has 0 fully saturated rings. The molecule has 5 heteroatoms. The van der Waals surface area contributed by atoms with E-state index < -0.39 is 0 Å². The standard InChI is InChI=1S/C16H16N2O2S/c1-11-3-7-13(8-4-11)17-16(21)18-15(19)12-5-9-14(20-2)10-6-12/h3-10H,1-2H3,(H2,17,18,19,21). The first kappa shape index (κ1) is 15.0. The van der Waals surface area contributed by atoms with Gasteiger partial charge in [0.15, 0.2) is 5.11 Å². The van der Waals surface area contributed by atoms with Crippen LogP contribution in [0.1, 0.15) is 15.9 Å². The summed E-state index contributed by atoms with van der Waals surface area (Å²) in [7, 11) is 1.58. The molecule has 4 nitrogen and oxygen atoms in total. The zero-order valence-corrected chi connectivity index (χ0v) is 12.7. The number of thiocarbonyl (C=S) groups is 1. The summed E-state index contributed by atoms with van der Waals surface area (Å²) >= 11 is 5.13. The van der Waals surface area contributed by atoms with Crippen LogP contribution in [0.2, 0.25) is 0 Å². The van der Waals surface area contributed by atoms with E-state index in [2.05, 4.69) is 10.6 Å². The van der Waals surface area contributed by atoms with Gasteiger partial charge in [-0.15, -0.1) is 0 Å². The molecular weight excluding hydrogens is 284 g/mol. The fraction of sp³-hybridized carbons (Fsp3) is 0.125. The number of carbonyl (C=O) groups is 1. The lowest BCUT2D eigenvalue weighted by Gasteiger charge is -2.10. The Morgan fingerprint density at radius 3 is 2.24 bits per heavy atom. The van der Waals surface area contributed by atoms with Crippen LogP contribution < -0.4 is 15.4 Å². The van der Waals surface area contributed by atoms with E-state index in [0.29, 0.717) is 11.3 Å². The van der Waals surface area contributed by atoms with Gasteiger partial charge in [0.2, 0.25) is 0 Å². The number of nitrogens with one attached hydrogen (secondary N) is 2. The lowest BCUT2D eigenvalue weighted by Crippen LogP contribution is -2.34. The number of benzene rings is 2. The maximum Gasteiger partial charge on any atom is 0.257 e. The number of aryl methyl sites for hydroxylation is 1. The number of hydrogen-bond donors (Lipinski definition) is 2. The molecular formula is C16H16N2O2S. The summed E-state index contributed by atoms with van der Waals surface area (Å²) in [4.78, 5) is 12.0. The second-order valence-corrected chi connectivity index (χ2v) is 4.91. The molecule has 2 rings (SSSR count). The Hall–Kier alpha value is -2.40. The van der Waals surface area contributed by atoms with Gasteiger partial charge in [0.1, 0.15) is 5.75 Å². The molecule has 2 N–H and O–H groups in total. The molecule has 0 bridgehead atoms. The first-order chi connectivity index (χ1) is 10.1. The summed E-state index contributed by atoms with van der Waals surface area (Å²) in [6, 6.07) is 14.6. The van der Waals surface area contributed by atoms with E-state index >= 15 is 0 Å². The number of amides is 1. The predicted octanol–water partition coefficient (Wildman–Crippen LogP) is 3.13. The normalized spacial score (nSPS) is 9.81. The van der Waals surface area contributed by atoms with Crippen LogP contribution in [0.3, 0.4) is 0 Å². The van der Waals surface area contributed by atoms with Crippen LogP contribution in [0, 0.1) is 6.92 Å². The van der Waals surface area contributed by atoms with E-state index in [-0.39, 0.29) is 11.0 Å². The van der Waals surface area contributed by atoms with Crippen molar-refractivity contribution >= 4 is 28.9 Å². The summed E-state index contributed by atoms with van der Waals surface area (Å²) in [6.07, 6.45) is 0. The minimum atomic E-state index is -0.262. The molecule has 0 heterocycles. The van der Waals surface area contributed by atoms with Crippen LogP contribution in [-0.2, 0) is 0 Å². The maximum absolute atomic E-state index is 12.0. The van der Waals surface area contributed by atoms with Gasteiger partial charge in [0, 0.05) is 11.3 Å². The van der Waals surface area contributed by atoms with E-state index in [0.717, 1.165) is 11.3 Å². The van der Waals surface area contributed by atoms with E-state index in [1.807, 2.05) is 31.2 Å².